The predicted molar refractivity (Wildman–Crippen MR) is 123 cm³/mol. The molecule has 10 nitrogen and oxygen atoms in total. The van der Waals surface area contributed by atoms with E-state index < -0.39 is 22.9 Å². The van der Waals surface area contributed by atoms with Gasteiger partial charge in [-0.3, -0.25) is 14.9 Å². The molecule has 0 aromatic heterocycles. The molecule has 0 saturated heterocycles. The fraction of sp³-hybridized carbons (Fsp3) is 0.125. The summed E-state index contributed by atoms with van der Waals surface area (Å²) in [5, 5.41) is 14.6. The van der Waals surface area contributed by atoms with Gasteiger partial charge in [0.05, 0.1) is 23.8 Å². The molecule has 0 aliphatic heterocycles. The van der Waals surface area contributed by atoms with Crippen LogP contribution in [0.25, 0.3) is 0 Å². The van der Waals surface area contributed by atoms with Gasteiger partial charge >= 0.3 is 5.97 Å². The van der Waals surface area contributed by atoms with E-state index >= 15 is 0 Å². The molecule has 0 aliphatic rings. The van der Waals surface area contributed by atoms with Gasteiger partial charge in [0.2, 0.25) is 0 Å². The number of hydrogen-bond donors (Lipinski definition) is 1. The summed E-state index contributed by atoms with van der Waals surface area (Å²) in [5.74, 6) is -0.177. The van der Waals surface area contributed by atoms with Crippen LogP contribution in [0.1, 0.15) is 22.8 Å². The molecule has 0 radical (unpaired) electrons. The molecule has 0 bridgehead atoms. The van der Waals surface area contributed by atoms with E-state index in [1.807, 2.05) is 0 Å². The first kappa shape index (κ1) is 23.9. The third-order valence-electron chi connectivity index (χ3n) is 4.52. The zero-order chi connectivity index (χ0) is 24.5. The van der Waals surface area contributed by atoms with Crippen LogP contribution >= 0.6 is 0 Å². The largest absolute Gasteiger partial charge is 0.493 e. The van der Waals surface area contributed by atoms with Crippen molar-refractivity contribution in [2.24, 2.45) is 5.10 Å². The van der Waals surface area contributed by atoms with Crippen LogP contribution in [0, 0.1) is 10.1 Å². The quantitative estimate of drug-likeness (QED) is 0.168. The molecule has 3 rings (SSSR count). The second-order valence-corrected chi connectivity index (χ2v) is 6.91. The highest BCUT2D eigenvalue weighted by Gasteiger charge is 2.15. The lowest BCUT2D eigenvalue weighted by Crippen LogP contribution is -2.33. The topological polar surface area (TPSA) is 129 Å². The minimum Gasteiger partial charge on any atom is -0.493 e. The number of non-ortho nitro benzene ring substituents is 1. The molecule has 0 spiro atoms. The number of nitro benzene ring substituents is 1. The third-order valence-corrected chi connectivity index (χ3v) is 4.52. The van der Waals surface area contributed by atoms with Crippen LogP contribution in [0.2, 0.25) is 0 Å². The molecule has 34 heavy (non-hydrogen) atoms. The highest BCUT2D eigenvalue weighted by atomic mass is 16.6. The molecule has 1 amide bonds. The Morgan fingerprint density at radius 2 is 1.74 bits per heavy atom. The summed E-state index contributed by atoms with van der Waals surface area (Å²) in [6.07, 6.45) is 0.495. The van der Waals surface area contributed by atoms with Gasteiger partial charge in [0, 0.05) is 12.1 Å². The third kappa shape index (κ3) is 6.39. The minimum atomic E-state index is -0.895. The van der Waals surface area contributed by atoms with Crippen molar-refractivity contribution in [1.82, 2.24) is 5.43 Å². The van der Waals surface area contributed by atoms with E-state index in [0.29, 0.717) is 22.6 Å². The minimum absolute atomic E-state index is 0.0784. The number of carbonyl (C=O) groups excluding carboxylic acids is 2. The summed E-state index contributed by atoms with van der Waals surface area (Å²) in [7, 11) is 1.44. The van der Waals surface area contributed by atoms with Crippen LogP contribution in [0.3, 0.4) is 0 Å². The van der Waals surface area contributed by atoms with Crippen LogP contribution < -0.4 is 19.6 Å². The average molecular weight is 463 g/mol. The van der Waals surface area contributed by atoms with Crippen molar-refractivity contribution in [3.05, 3.63) is 94.0 Å². The maximum atomic E-state index is 12.3. The summed E-state index contributed by atoms with van der Waals surface area (Å²) in [5.41, 5.74) is 3.27. The molecule has 1 N–H and O–H groups in total. The molecule has 0 aliphatic carbocycles. The summed E-state index contributed by atoms with van der Waals surface area (Å²) < 4.78 is 16.1. The molecule has 3 aromatic carbocycles. The van der Waals surface area contributed by atoms with Crippen molar-refractivity contribution in [2.45, 2.75) is 13.0 Å². The van der Waals surface area contributed by atoms with Crippen LogP contribution in [-0.2, 0) is 4.79 Å². The summed E-state index contributed by atoms with van der Waals surface area (Å²) in [6.45, 7) is 1.52. The van der Waals surface area contributed by atoms with E-state index in [0.717, 1.165) is 0 Å². The Balaban J connectivity index is 1.57. The van der Waals surface area contributed by atoms with Crippen LogP contribution in [-0.4, -0.2) is 36.2 Å². The van der Waals surface area contributed by atoms with Crippen LogP contribution in [0.15, 0.2) is 77.9 Å². The maximum absolute atomic E-state index is 12.3. The number of benzene rings is 3. The number of nitrogens with zero attached hydrogens (tertiary/aromatic N) is 2. The second-order valence-electron chi connectivity index (χ2n) is 6.91. The Morgan fingerprint density at radius 1 is 1.03 bits per heavy atom. The van der Waals surface area contributed by atoms with E-state index in [4.69, 9.17) is 14.2 Å². The fourth-order valence-electron chi connectivity index (χ4n) is 2.75. The number of methoxy groups -OCH3 is 1. The Bertz CT molecular complexity index is 1190. The van der Waals surface area contributed by atoms with Crippen molar-refractivity contribution in [3.8, 4) is 17.2 Å². The Hall–Kier alpha value is -4.73. The molecule has 3 aromatic rings. The van der Waals surface area contributed by atoms with Crippen molar-refractivity contribution < 1.29 is 28.7 Å². The van der Waals surface area contributed by atoms with Crippen molar-refractivity contribution in [3.63, 3.8) is 0 Å². The molecule has 1 atom stereocenters. The highest BCUT2D eigenvalue weighted by Crippen LogP contribution is 2.28. The number of nitrogens with one attached hydrogen (secondary N) is 1. The van der Waals surface area contributed by atoms with Gasteiger partial charge in [0.1, 0.15) is 5.75 Å². The number of esters is 1. The standard InChI is InChI=1S/C24H21N3O7/c1-16(33-20-11-9-19(10-12-20)27(30)31)23(28)26-25-15-17-8-13-21(22(14-17)32-2)34-24(29)18-6-4-3-5-7-18/h3-16H,1-2H3,(H,26,28)/b25-15+. The molecule has 0 heterocycles. The zero-order valence-corrected chi connectivity index (χ0v) is 18.3. The van der Waals surface area contributed by atoms with Crippen molar-refractivity contribution in [2.75, 3.05) is 7.11 Å². The zero-order valence-electron chi connectivity index (χ0n) is 18.3. The number of carbonyl (C=O) groups is 2. The molecule has 0 saturated carbocycles. The van der Waals surface area contributed by atoms with E-state index in [2.05, 4.69) is 10.5 Å². The number of rotatable bonds is 9. The molecule has 1 unspecified atom stereocenters. The normalized spacial score (nSPS) is 11.5. The highest BCUT2D eigenvalue weighted by molar-refractivity contribution is 5.91. The van der Waals surface area contributed by atoms with E-state index in [9.17, 15) is 19.7 Å². The second kappa shape index (κ2) is 11.2. The first-order valence-corrected chi connectivity index (χ1v) is 10.1. The lowest BCUT2D eigenvalue weighted by Gasteiger charge is -2.12. The molecular weight excluding hydrogens is 442 g/mol. The Labute approximate surface area is 194 Å². The average Bonchev–Trinajstić information content (AvgIpc) is 2.85. The first-order valence-electron chi connectivity index (χ1n) is 10.1. The predicted octanol–water partition coefficient (Wildman–Crippen LogP) is 3.74. The van der Waals surface area contributed by atoms with Crippen molar-refractivity contribution >= 4 is 23.8 Å². The van der Waals surface area contributed by atoms with E-state index in [-0.39, 0.29) is 11.4 Å². The van der Waals surface area contributed by atoms with Gasteiger partial charge in [-0.05, 0) is 55.0 Å². The Kier molecular flexibility index (Phi) is 7.90. The molecular formula is C24H21N3O7. The van der Waals surface area contributed by atoms with Gasteiger partial charge in [-0.1, -0.05) is 18.2 Å². The summed E-state index contributed by atoms with van der Waals surface area (Å²) >= 11 is 0. The van der Waals surface area contributed by atoms with Crippen molar-refractivity contribution in [1.29, 1.82) is 0 Å². The van der Waals surface area contributed by atoms with Gasteiger partial charge in [-0.15, -0.1) is 0 Å². The fourth-order valence-corrected chi connectivity index (χ4v) is 2.75. The lowest BCUT2D eigenvalue weighted by atomic mass is 10.2. The van der Waals surface area contributed by atoms with Gasteiger partial charge in [-0.2, -0.15) is 5.10 Å². The molecule has 0 fully saturated rings. The smallest absolute Gasteiger partial charge is 0.343 e. The van der Waals surface area contributed by atoms with Gasteiger partial charge in [0.25, 0.3) is 11.6 Å². The number of ether oxygens (including phenoxy) is 3. The number of hydrogen-bond acceptors (Lipinski definition) is 8. The van der Waals surface area contributed by atoms with Crippen LogP contribution in [0.4, 0.5) is 5.69 Å². The summed E-state index contributed by atoms with van der Waals surface area (Å²) in [4.78, 5) is 34.6. The monoisotopic (exact) mass is 463 g/mol. The summed E-state index contributed by atoms with van der Waals surface area (Å²) in [6, 6.07) is 18.7. The molecule has 10 heteroatoms. The first-order chi connectivity index (χ1) is 16.4. The number of amides is 1. The SMILES string of the molecule is COc1cc(/C=N/NC(=O)C(C)Oc2ccc([N+](=O)[O-])cc2)ccc1OC(=O)c1ccccc1. The number of nitro groups is 1. The molecule has 174 valence electrons. The lowest BCUT2D eigenvalue weighted by molar-refractivity contribution is -0.384. The van der Waals surface area contributed by atoms with Crippen LogP contribution in [0.5, 0.6) is 17.2 Å². The van der Waals surface area contributed by atoms with E-state index in [1.54, 1.807) is 48.5 Å². The van der Waals surface area contributed by atoms with Gasteiger partial charge < -0.3 is 14.2 Å². The number of hydrazone groups is 1. The van der Waals surface area contributed by atoms with E-state index in [1.165, 1.54) is 44.5 Å². The Morgan fingerprint density at radius 3 is 2.38 bits per heavy atom. The van der Waals surface area contributed by atoms with Gasteiger partial charge in [0.15, 0.2) is 17.6 Å². The van der Waals surface area contributed by atoms with Gasteiger partial charge in [-0.25, -0.2) is 10.2 Å². The maximum Gasteiger partial charge on any atom is 0.343 e.